The number of ether oxygens (including phenoxy) is 2. The minimum Gasteiger partial charge on any atom is -0.432 e. The van der Waals surface area contributed by atoms with E-state index in [0.29, 0.717) is 6.61 Å². The molecule has 0 heterocycles. The summed E-state index contributed by atoms with van der Waals surface area (Å²) in [7, 11) is 0. The maximum atomic E-state index is 10.9. The van der Waals surface area contributed by atoms with Gasteiger partial charge in [-0.05, 0) is 6.92 Å². The van der Waals surface area contributed by atoms with Crippen LogP contribution < -0.4 is 0 Å². The molecule has 0 bridgehead atoms. The molecule has 1 atom stereocenters. The van der Waals surface area contributed by atoms with Gasteiger partial charge >= 0.3 is 5.97 Å². The summed E-state index contributed by atoms with van der Waals surface area (Å²) >= 11 is 0. The normalized spacial score (nSPS) is 13.5. The summed E-state index contributed by atoms with van der Waals surface area (Å²) in [5.74, 6) is -0.451. The van der Waals surface area contributed by atoms with Crippen molar-refractivity contribution in [2.45, 2.75) is 34.0 Å². The number of carbonyl (C=O) groups is 1. The van der Waals surface area contributed by atoms with Crippen molar-refractivity contribution in [2.24, 2.45) is 5.41 Å². The smallest absolute Gasteiger partial charge is 0.332 e. The molecule has 0 aromatic rings. The van der Waals surface area contributed by atoms with Gasteiger partial charge in [0.25, 0.3) is 0 Å². The second-order valence-corrected chi connectivity index (χ2v) is 3.79. The predicted octanol–water partition coefficient (Wildman–Crippen LogP) is 2.12. The molecule has 1 unspecified atom stereocenters. The third-order valence-corrected chi connectivity index (χ3v) is 1.42. The van der Waals surface area contributed by atoms with Crippen LogP contribution in [-0.2, 0) is 14.3 Å². The van der Waals surface area contributed by atoms with Gasteiger partial charge in [-0.1, -0.05) is 27.4 Å². The van der Waals surface area contributed by atoms with Crippen LogP contribution in [0.25, 0.3) is 0 Å². The lowest BCUT2D eigenvalue weighted by Crippen LogP contribution is -2.33. The zero-order chi connectivity index (χ0) is 10.5. The van der Waals surface area contributed by atoms with Crippen molar-refractivity contribution in [3.05, 3.63) is 12.7 Å². The first kappa shape index (κ1) is 12.2. The van der Waals surface area contributed by atoms with Crippen molar-refractivity contribution < 1.29 is 14.3 Å². The van der Waals surface area contributed by atoms with Gasteiger partial charge in [-0.25, -0.2) is 4.79 Å². The van der Waals surface area contributed by atoms with E-state index in [2.05, 4.69) is 6.58 Å². The molecule has 0 saturated heterocycles. The molecule has 76 valence electrons. The van der Waals surface area contributed by atoms with Crippen molar-refractivity contribution >= 4 is 5.97 Å². The topological polar surface area (TPSA) is 35.5 Å². The highest BCUT2D eigenvalue weighted by Crippen LogP contribution is 2.23. The first-order valence-electron chi connectivity index (χ1n) is 4.36. The molecule has 0 aromatic heterocycles. The molecule has 13 heavy (non-hydrogen) atoms. The van der Waals surface area contributed by atoms with Gasteiger partial charge in [0.2, 0.25) is 6.29 Å². The van der Waals surface area contributed by atoms with E-state index in [1.807, 2.05) is 27.7 Å². The molecular weight excluding hydrogens is 168 g/mol. The summed E-state index contributed by atoms with van der Waals surface area (Å²) in [5, 5.41) is 0. The van der Waals surface area contributed by atoms with E-state index in [1.165, 1.54) is 0 Å². The largest absolute Gasteiger partial charge is 0.432 e. The summed E-state index contributed by atoms with van der Waals surface area (Å²) in [6.45, 7) is 11.6. The van der Waals surface area contributed by atoms with Crippen LogP contribution in [0.5, 0.6) is 0 Å². The van der Waals surface area contributed by atoms with Gasteiger partial charge in [0, 0.05) is 18.1 Å². The summed E-state index contributed by atoms with van der Waals surface area (Å²) in [5.41, 5.74) is -0.214. The van der Waals surface area contributed by atoms with Gasteiger partial charge in [-0.15, -0.1) is 0 Å². The summed E-state index contributed by atoms with van der Waals surface area (Å²) < 4.78 is 10.3. The highest BCUT2D eigenvalue weighted by atomic mass is 16.7. The first-order chi connectivity index (χ1) is 5.91. The van der Waals surface area contributed by atoms with Crippen LogP contribution in [0.2, 0.25) is 0 Å². The van der Waals surface area contributed by atoms with Gasteiger partial charge in [0.1, 0.15) is 0 Å². The zero-order valence-electron chi connectivity index (χ0n) is 8.79. The first-order valence-corrected chi connectivity index (χ1v) is 4.36. The van der Waals surface area contributed by atoms with Crippen LogP contribution in [-0.4, -0.2) is 18.9 Å². The fraction of sp³-hybridized carbons (Fsp3) is 0.700. The quantitative estimate of drug-likeness (QED) is 0.383. The molecule has 0 saturated carbocycles. The number of hydrogen-bond acceptors (Lipinski definition) is 3. The Morgan fingerprint density at radius 2 is 2.08 bits per heavy atom. The molecule has 0 fully saturated rings. The van der Waals surface area contributed by atoms with Gasteiger partial charge in [0.15, 0.2) is 0 Å². The fourth-order valence-corrected chi connectivity index (χ4v) is 0.766. The predicted molar refractivity (Wildman–Crippen MR) is 51.2 cm³/mol. The van der Waals surface area contributed by atoms with E-state index in [4.69, 9.17) is 9.47 Å². The molecule has 0 spiro atoms. The average Bonchev–Trinajstić information content (AvgIpc) is 2.01. The highest BCUT2D eigenvalue weighted by molar-refractivity contribution is 5.81. The van der Waals surface area contributed by atoms with Crippen molar-refractivity contribution in [2.75, 3.05) is 6.61 Å². The fourth-order valence-electron chi connectivity index (χ4n) is 0.766. The second kappa shape index (κ2) is 5.02. The van der Waals surface area contributed by atoms with E-state index >= 15 is 0 Å². The van der Waals surface area contributed by atoms with Crippen LogP contribution in [0.15, 0.2) is 12.7 Å². The van der Waals surface area contributed by atoms with Crippen molar-refractivity contribution in [3.63, 3.8) is 0 Å². The van der Waals surface area contributed by atoms with Crippen LogP contribution in [0.4, 0.5) is 0 Å². The van der Waals surface area contributed by atoms with E-state index < -0.39 is 12.3 Å². The monoisotopic (exact) mass is 186 g/mol. The molecule has 0 aliphatic carbocycles. The Hall–Kier alpha value is -0.830. The second-order valence-electron chi connectivity index (χ2n) is 3.79. The van der Waals surface area contributed by atoms with Crippen LogP contribution in [0, 0.1) is 5.41 Å². The van der Waals surface area contributed by atoms with Crippen LogP contribution in [0.3, 0.4) is 0 Å². The Kier molecular flexibility index (Phi) is 4.70. The van der Waals surface area contributed by atoms with Crippen molar-refractivity contribution in [1.29, 1.82) is 0 Å². The van der Waals surface area contributed by atoms with E-state index in [1.54, 1.807) is 0 Å². The molecule has 0 aliphatic rings. The Morgan fingerprint density at radius 3 is 2.38 bits per heavy atom. The summed E-state index contributed by atoms with van der Waals surface area (Å²) in [4.78, 5) is 10.9. The van der Waals surface area contributed by atoms with E-state index in [9.17, 15) is 4.79 Å². The minimum absolute atomic E-state index is 0.214. The summed E-state index contributed by atoms with van der Waals surface area (Å²) in [6.07, 6.45) is 0.626. The van der Waals surface area contributed by atoms with Crippen LogP contribution >= 0.6 is 0 Å². The Bertz CT molecular complexity index is 179. The lowest BCUT2D eigenvalue weighted by atomic mass is 9.96. The maximum Gasteiger partial charge on any atom is 0.332 e. The van der Waals surface area contributed by atoms with E-state index in [-0.39, 0.29) is 5.41 Å². The third kappa shape index (κ3) is 4.68. The molecule has 0 aromatic carbocycles. The highest BCUT2D eigenvalue weighted by Gasteiger charge is 2.28. The number of rotatable bonds is 4. The molecule has 0 radical (unpaired) electrons. The number of hydrogen-bond donors (Lipinski definition) is 0. The summed E-state index contributed by atoms with van der Waals surface area (Å²) in [6, 6.07) is 0. The third-order valence-electron chi connectivity index (χ3n) is 1.42. The lowest BCUT2D eigenvalue weighted by Gasteiger charge is -2.29. The SMILES string of the molecule is C=CC(=O)OC(OCC)C(C)(C)C. The maximum absolute atomic E-state index is 10.9. The van der Waals surface area contributed by atoms with Crippen LogP contribution in [0.1, 0.15) is 27.7 Å². The van der Waals surface area contributed by atoms with Gasteiger partial charge in [0.05, 0.1) is 0 Å². The van der Waals surface area contributed by atoms with Crippen molar-refractivity contribution in [3.8, 4) is 0 Å². The van der Waals surface area contributed by atoms with Gasteiger partial charge < -0.3 is 9.47 Å². The number of carbonyl (C=O) groups excluding carboxylic acids is 1. The zero-order valence-corrected chi connectivity index (χ0v) is 8.79. The molecule has 0 N–H and O–H groups in total. The van der Waals surface area contributed by atoms with Gasteiger partial charge in [-0.2, -0.15) is 0 Å². The van der Waals surface area contributed by atoms with Gasteiger partial charge in [-0.3, -0.25) is 0 Å². The molecule has 3 heteroatoms. The minimum atomic E-state index is -0.511. The number of esters is 1. The Balaban J connectivity index is 4.26. The molecule has 0 rings (SSSR count). The average molecular weight is 186 g/mol. The lowest BCUT2D eigenvalue weighted by molar-refractivity contribution is -0.197. The van der Waals surface area contributed by atoms with E-state index in [0.717, 1.165) is 6.08 Å². The molecule has 3 nitrogen and oxygen atoms in total. The Labute approximate surface area is 79.7 Å². The Morgan fingerprint density at radius 1 is 1.54 bits per heavy atom. The molecular formula is C10H18O3. The van der Waals surface area contributed by atoms with Crippen molar-refractivity contribution in [1.82, 2.24) is 0 Å². The molecule has 0 aliphatic heterocycles. The molecule has 0 amide bonds. The standard InChI is InChI=1S/C10H18O3/c1-6-8(11)13-9(12-7-2)10(3,4)5/h6,9H,1,7H2,2-5H3.